The van der Waals surface area contributed by atoms with E-state index in [1.54, 1.807) is 13.4 Å². The predicted octanol–water partition coefficient (Wildman–Crippen LogP) is 2.80. The molecule has 4 nitrogen and oxygen atoms in total. The Bertz CT molecular complexity index is 575. The molecule has 4 heteroatoms. The van der Waals surface area contributed by atoms with Crippen molar-refractivity contribution in [3.63, 3.8) is 0 Å². The first-order valence-electron chi connectivity index (χ1n) is 7.86. The molecule has 118 valence electrons. The summed E-state index contributed by atoms with van der Waals surface area (Å²) in [5.41, 5.74) is 1.47. The van der Waals surface area contributed by atoms with E-state index in [2.05, 4.69) is 6.92 Å². The number of methoxy groups -OCH3 is 1. The second-order valence-electron chi connectivity index (χ2n) is 6.11. The third-order valence-electron chi connectivity index (χ3n) is 4.91. The fraction of sp³-hybridized carbons (Fsp3) is 0.500. The Morgan fingerprint density at radius 3 is 2.64 bits per heavy atom. The normalized spacial score (nSPS) is 31.0. The number of hydrogen-bond acceptors (Lipinski definition) is 4. The Labute approximate surface area is 130 Å². The van der Waals surface area contributed by atoms with Crippen molar-refractivity contribution < 1.29 is 19.4 Å². The van der Waals surface area contributed by atoms with Crippen LogP contribution in [0, 0.1) is 11.8 Å². The first kappa shape index (κ1) is 15.1. The summed E-state index contributed by atoms with van der Waals surface area (Å²) in [7, 11) is 1.62. The third kappa shape index (κ3) is 2.63. The number of ketones is 1. The van der Waals surface area contributed by atoms with E-state index in [1.165, 1.54) is 0 Å². The highest BCUT2D eigenvalue weighted by atomic mass is 16.5. The second-order valence-corrected chi connectivity index (χ2v) is 6.11. The van der Waals surface area contributed by atoms with Gasteiger partial charge in [0, 0.05) is 6.42 Å². The average molecular weight is 302 g/mol. The van der Waals surface area contributed by atoms with Crippen LogP contribution in [0.2, 0.25) is 0 Å². The molecule has 1 fully saturated rings. The largest absolute Gasteiger partial charge is 0.497 e. The minimum Gasteiger partial charge on any atom is -0.497 e. The lowest BCUT2D eigenvalue weighted by molar-refractivity contribution is -0.129. The Balaban J connectivity index is 1.84. The van der Waals surface area contributed by atoms with Crippen LogP contribution in [-0.2, 0) is 9.53 Å². The monoisotopic (exact) mass is 302 g/mol. The maximum atomic E-state index is 12.8. The maximum Gasteiger partial charge on any atom is 0.173 e. The molecular formula is C18H22O4. The lowest BCUT2D eigenvalue weighted by Gasteiger charge is -2.40. The Morgan fingerprint density at radius 2 is 2.00 bits per heavy atom. The van der Waals surface area contributed by atoms with Crippen LogP contribution in [0.1, 0.15) is 31.7 Å². The third-order valence-corrected chi connectivity index (χ3v) is 4.91. The molecule has 1 saturated carbocycles. The van der Waals surface area contributed by atoms with E-state index in [9.17, 15) is 9.90 Å². The summed E-state index contributed by atoms with van der Waals surface area (Å²) < 4.78 is 10.9. The van der Waals surface area contributed by atoms with Crippen LogP contribution in [0.4, 0.5) is 0 Å². The van der Waals surface area contributed by atoms with Gasteiger partial charge in [0.15, 0.2) is 5.78 Å². The van der Waals surface area contributed by atoms with Gasteiger partial charge in [-0.1, -0.05) is 25.5 Å². The SMILES string of the molecule is CCC1CC2C(=O)C(c3ccc(OC)cc3)=COC2CC1O. The number of aliphatic hydroxyl groups is 1. The number of aliphatic hydroxyl groups excluding tert-OH is 1. The lowest BCUT2D eigenvalue weighted by Crippen LogP contribution is -2.44. The number of hydrogen-bond donors (Lipinski definition) is 1. The molecule has 0 saturated heterocycles. The van der Waals surface area contributed by atoms with Gasteiger partial charge >= 0.3 is 0 Å². The van der Waals surface area contributed by atoms with Crippen LogP contribution in [0.25, 0.3) is 5.57 Å². The number of rotatable bonds is 3. The summed E-state index contributed by atoms with van der Waals surface area (Å²) in [4.78, 5) is 12.8. The first-order valence-corrected chi connectivity index (χ1v) is 7.86. The minimum absolute atomic E-state index is 0.131. The molecule has 1 heterocycles. The van der Waals surface area contributed by atoms with Gasteiger partial charge in [0.05, 0.1) is 31.0 Å². The van der Waals surface area contributed by atoms with Gasteiger partial charge in [-0.15, -0.1) is 0 Å². The van der Waals surface area contributed by atoms with Gasteiger partial charge in [-0.3, -0.25) is 4.79 Å². The van der Waals surface area contributed by atoms with E-state index in [1.807, 2.05) is 24.3 Å². The zero-order chi connectivity index (χ0) is 15.7. The molecule has 1 aromatic rings. The second kappa shape index (κ2) is 6.13. The number of carbonyl (C=O) groups is 1. The number of ether oxygens (including phenoxy) is 2. The molecule has 4 atom stereocenters. The number of Topliss-reactive ketones (excluding diaryl/α,β-unsaturated/α-hetero) is 1. The van der Waals surface area contributed by atoms with Gasteiger partial charge < -0.3 is 14.6 Å². The number of fused-ring (bicyclic) bond motifs is 1. The predicted molar refractivity (Wildman–Crippen MR) is 83.4 cm³/mol. The zero-order valence-corrected chi connectivity index (χ0v) is 13.0. The topological polar surface area (TPSA) is 55.8 Å². The van der Waals surface area contributed by atoms with Crippen LogP contribution < -0.4 is 4.74 Å². The van der Waals surface area contributed by atoms with E-state index < -0.39 is 0 Å². The quantitative estimate of drug-likeness (QED) is 0.933. The van der Waals surface area contributed by atoms with E-state index in [-0.39, 0.29) is 29.8 Å². The fourth-order valence-electron chi connectivity index (χ4n) is 3.49. The molecule has 0 bridgehead atoms. The zero-order valence-electron chi connectivity index (χ0n) is 13.0. The van der Waals surface area contributed by atoms with Crippen LogP contribution in [-0.4, -0.2) is 30.2 Å². The van der Waals surface area contributed by atoms with Crippen molar-refractivity contribution in [2.45, 2.75) is 38.4 Å². The van der Waals surface area contributed by atoms with Gasteiger partial charge in [0.2, 0.25) is 0 Å². The molecule has 0 amide bonds. The standard InChI is InChI=1S/C18H22O4/c1-3-11-8-14-17(9-16(11)19)22-10-15(18(14)20)12-4-6-13(21-2)7-5-12/h4-7,10-11,14,16-17,19H,3,8-9H2,1-2H3. The molecule has 2 aliphatic rings. The summed E-state index contributed by atoms with van der Waals surface area (Å²) in [5.74, 6) is 0.935. The van der Waals surface area contributed by atoms with E-state index in [4.69, 9.17) is 9.47 Å². The van der Waals surface area contributed by atoms with E-state index in [0.29, 0.717) is 18.4 Å². The number of benzene rings is 1. The van der Waals surface area contributed by atoms with Crippen molar-refractivity contribution in [1.82, 2.24) is 0 Å². The maximum absolute atomic E-state index is 12.8. The van der Waals surface area contributed by atoms with Crippen LogP contribution in [0.5, 0.6) is 5.75 Å². The summed E-state index contributed by atoms with van der Waals surface area (Å²) in [6.45, 7) is 2.06. The smallest absolute Gasteiger partial charge is 0.173 e. The van der Waals surface area contributed by atoms with Gasteiger partial charge in [-0.25, -0.2) is 0 Å². The van der Waals surface area contributed by atoms with Crippen LogP contribution in [0.3, 0.4) is 0 Å². The molecule has 3 rings (SSSR count). The average Bonchev–Trinajstić information content (AvgIpc) is 2.55. The highest BCUT2D eigenvalue weighted by Gasteiger charge is 2.43. The van der Waals surface area contributed by atoms with Gasteiger partial charge in [0.1, 0.15) is 11.9 Å². The first-order chi connectivity index (χ1) is 10.6. The minimum atomic E-state index is -0.366. The van der Waals surface area contributed by atoms with Gasteiger partial charge in [-0.2, -0.15) is 0 Å². The van der Waals surface area contributed by atoms with Crippen LogP contribution in [0.15, 0.2) is 30.5 Å². The van der Waals surface area contributed by atoms with E-state index >= 15 is 0 Å². The van der Waals surface area contributed by atoms with Crippen LogP contribution >= 0.6 is 0 Å². The molecule has 0 spiro atoms. The van der Waals surface area contributed by atoms with Crippen molar-refractivity contribution >= 4 is 11.4 Å². The fourth-order valence-corrected chi connectivity index (χ4v) is 3.49. The molecule has 1 aliphatic carbocycles. The molecular weight excluding hydrogens is 280 g/mol. The molecule has 0 radical (unpaired) electrons. The van der Waals surface area contributed by atoms with E-state index in [0.717, 1.165) is 17.7 Å². The summed E-state index contributed by atoms with van der Waals surface area (Å²) in [6, 6.07) is 7.44. The van der Waals surface area contributed by atoms with Gasteiger partial charge in [-0.05, 0) is 30.0 Å². The van der Waals surface area contributed by atoms with Crippen molar-refractivity contribution in [2.75, 3.05) is 7.11 Å². The highest BCUT2D eigenvalue weighted by Crippen LogP contribution is 2.39. The number of carbonyl (C=O) groups excluding carboxylic acids is 1. The summed E-state index contributed by atoms with van der Waals surface area (Å²) in [6.07, 6.45) is 3.14. The van der Waals surface area contributed by atoms with Crippen molar-refractivity contribution in [2.24, 2.45) is 11.8 Å². The number of allylic oxidation sites excluding steroid dienone is 1. The Hall–Kier alpha value is -1.81. The Kier molecular flexibility index (Phi) is 4.21. The summed E-state index contributed by atoms with van der Waals surface area (Å²) >= 11 is 0. The van der Waals surface area contributed by atoms with Crippen molar-refractivity contribution in [3.8, 4) is 5.75 Å². The van der Waals surface area contributed by atoms with Gasteiger partial charge in [0.25, 0.3) is 0 Å². The molecule has 1 N–H and O–H groups in total. The lowest BCUT2D eigenvalue weighted by atomic mass is 9.72. The Morgan fingerprint density at radius 1 is 1.27 bits per heavy atom. The molecule has 1 aliphatic heterocycles. The van der Waals surface area contributed by atoms with Crippen molar-refractivity contribution in [1.29, 1.82) is 0 Å². The summed E-state index contributed by atoms with van der Waals surface area (Å²) in [5, 5.41) is 10.1. The molecule has 1 aromatic carbocycles. The highest BCUT2D eigenvalue weighted by molar-refractivity contribution is 6.22. The van der Waals surface area contributed by atoms with Crippen molar-refractivity contribution in [3.05, 3.63) is 36.1 Å². The molecule has 4 unspecified atom stereocenters. The molecule has 22 heavy (non-hydrogen) atoms. The molecule has 0 aromatic heterocycles.